The third-order valence-electron chi connectivity index (χ3n) is 8.20. The highest BCUT2D eigenvalue weighted by atomic mass is 35.5. The summed E-state index contributed by atoms with van der Waals surface area (Å²) in [6, 6.07) is 12.4. The molecule has 3 heterocycles. The van der Waals surface area contributed by atoms with Crippen molar-refractivity contribution in [1.82, 2.24) is 14.9 Å². The molecule has 2 unspecified atom stereocenters. The second kappa shape index (κ2) is 8.41. The summed E-state index contributed by atoms with van der Waals surface area (Å²) in [6.45, 7) is 4.04. The average Bonchev–Trinajstić information content (AvgIpc) is 3.82. The van der Waals surface area contributed by atoms with Gasteiger partial charge in [0.15, 0.2) is 5.82 Å². The van der Waals surface area contributed by atoms with Crippen molar-refractivity contribution >= 4 is 39.0 Å². The van der Waals surface area contributed by atoms with Gasteiger partial charge in [0.2, 0.25) is 5.95 Å². The topological polar surface area (TPSA) is 69.6 Å². The lowest BCUT2D eigenvalue weighted by atomic mass is 10.0. The van der Waals surface area contributed by atoms with Crippen LogP contribution in [0.25, 0.3) is 5.70 Å². The lowest BCUT2D eigenvalue weighted by molar-refractivity contribution is 0.242. The summed E-state index contributed by atoms with van der Waals surface area (Å²) in [5, 5.41) is 0.541. The molecule has 2 aliphatic carbocycles. The van der Waals surface area contributed by atoms with Crippen molar-refractivity contribution < 1.29 is 12.8 Å². The van der Waals surface area contributed by atoms with E-state index < -0.39 is 15.8 Å². The van der Waals surface area contributed by atoms with Crippen LogP contribution in [0.3, 0.4) is 0 Å². The van der Waals surface area contributed by atoms with Gasteiger partial charge in [0, 0.05) is 36.8 Å². The molecule has 2 aromatic carbocycles. The number of aromatic nitrogens is 2. The van der Waals surface area contributed by atoms with Gasteiger partial charge in [0.25, 0.3) is 10.0 Å². The smallest absolute Gasteiger partial charge is 0.264 e. The maximum Gasteiger partial charge on any atom is 0.264 e. The molecule has 1 aromatic heterocycles. The molecule has 7 rings (SSSR count). The third kappa shape index (κ3) is 3.78. The highest BCUT2D eigenvalue weighted by Gasteiger charge is 2.55. The van der Waals surface area contributed by atoms with E-state index >= 15 is 0 Å². The van der Waals surface area contributed by atoms with Crippen molar-refractivity contribution in [3.8, 4) is 0 Å². The van der Waals surface area contributed by atoms with E-state index in [0.717, 1.165) is 42.6 Å². The number of anilines is 2. The van der Waals surface area contributed by atoms with Crippen LogP contribution in [0.5, 0.6) is 0 Å². The molecule has 2 atom stereocenters. The van der Waals surface area contributed by atoms with Gasteiger partial charge in [-0.25, -0.2) is 22.8 Å². The minimum atomic E-state index is -3.79. The van der Waals surface area contributed by atoms with Crippen LogP contribution in [0.15, 0.2) is 65.8 Å². The molecule has 0 radical (unpaired) electrons. The molecule has 196 valence electrons. The molecule has 3 aromatic rings. The van der Waals surface area contributed by atoms with Crippen LogP contribution < -0.4 is 9.21 Å². The molecule has 1 spiro atoms. The molecule has 0 amide bonds. The fourth-order valence-corrected chi connectivity index (χ4v) is 7.97. The van der Waals surface area contributed by atoms with Crippen LogP contribution in [-0.4, -0.2) is 54.5 Å². The predicted molar refractivity (Wildman–Crippen MR) is 145 cm³/mol. The molecular formula is C28H27ClFN5O2S. The van der Waals surface area contributed by atoms with Crippen molar-refractivity contribution in [1.29, 1.82) is 0 Å². The Kier molecular flexibility index (Phi) is 5.29. The van der Waals surface area contributed by atoms with Crippen molar-refractivity contribution in [2.24, 2.45) is 5.92 Å². The van der Waals surface area contributed by atoms with E-state index in [1.165, 1.54) is 12.4 Å². The van der Waals surface area contributed by atoms with Crippen molar-refractivity contribution in [2.45, 2.75) is 42.7 Å². The Morgan fingerprint density at radius 1 is 1.05 bits per heavy atom. The standard InChI is InChI=1S/C28H27ClFN5O2S/c1-18-5-7-21(8-6-18)38(36,37)35-23-4-2-3-22(29)26(23)25(14-19-13-24(19)35)34-12-11-33(17-28(34)9-10-28)27-31-15-20(30)16-32-27/h2-8,14-16,19,24H,9-13,17H2,1H3. The monoisotopic (exact) mass is 551 g/mol. The van der Waals surface area contributed by atoms with E-state index in [9.17, 15) is 12.8 Å². The first-order valence-corrected chi connectivity index (χ1v) is 14.7. The van der Waals surface area contributed by atoms with Gasteiger partial charge in [0.1, 0.15) is 0 Å². The third-order valence-corrected chi connectivity index (χ3v) is 10.4. The molecule has 7 nitrogen and oxygen atoms in total. The minimum absolute atomic E-state index is 0.114. The molecule has 0 bridgehead atoms. The van der Waals surface area contributed by atoms with Crippen molar-refractivity contribution in [3.63, 3.8) is 0 Å². The summed E-state index contributed by atoms with van der Waals surface area (Å²) < 4.78 is 43.0. The molecule has 0 N–H and O–H groups in total. The fraction of sp³-hybridized carbons (Fsp3) is 0.357. The number of aryl methyl sites for hydroxylation is 1. The van der Waals surface area contributed by atoms with Crippen LogP contribution in [0.1, 0.15) is 30.4 Å². The highest BCUT2D eigenvalue weighted by Crippen LogP contribution is 2.55. The maximum atomic E-state index is 14.0. The van der Waals surface area contributed by atoms with E-state index in [-0.39, 0.29) is 22.4 Å². The van der Waals surface area contributed by atoms with Gasteiger partial charge in [-0.1, -0.05) is 41.4 Å². The van der Waals surface area contributed by atoms with Crippen LogP contribution in [0, 0.1) is 18.7 Å². The molecule has 4 aliphatic rings. The molecule has 10 heteroatoms. The SMILES string of the molecule is Cc1ccc(S(=O)(=O)N2c3cccc(Cl)c3C(N3CCN(c4ncc(F)cn4)CC34CC4)=CC3CC32)cc1. The van der Waals surface area contributed by atoms with Crippen LogP contribution >= 0.6 is 11.6 Å². The van der Waals surface area contributed by atoms with Gasteiger partial charge < -0.3 is 9.80 Å². The lowest BCUT2D eigenvalue weighted by Crippen LogP contribution is -2.54. The Bertz CT molecular complexity index is 1560. The first-order valence-electron chi connectivity index (χ1n) is 12.9. The highest BCUT2D eigenvalue weighted by molar-refractivity contribution is 7.92. The fourth-order valence-electron chi connectivity index (χ4n) is 5.99. The summed E-state index contributed by atoms with van der Waals surface area (Å²) in [6.07, 6.45) is 7.42. The maximum absolute atomic E-state index is 14.0. The summed E-state index contributed by atoms with van der Waals surface area (Å²) >= 11 is 6.87. The Balaban J connectivity index is 1.28. The Morgan fingerprint density at radius 2 is 1.79 bits per heavy atom. The summed E-state index contributed by atoms with van der Waals surface area (Å²) in [7, 11) is -3.79. The van der Waals surface area contributed by atoms with Gasteiger partial charge in [-0.3, -0.25) is 4.31 Å². The zero-order valence-electron chi connectivity index (χ0n) is 20.9. The van der Waals surface area contributed by atoms with Crippen LogP contribution in [0.4, 0.5) is 16.0 Å². The molecule has 2 aliphatic heterocycles. The number of halogens is 2. The molecule has 38 heavy (non-hydrogen) atoms. The number of fused-ring (bicyclic) bond motifs is 2. The lowest BCUT2D eigenvalue weighted by Gasteiger charge is -2.45. The van der Waals surface area contributed by atoms with Gasteiger partial charge >= 0.3 is 0 Å². The number of nitrogens with zero attached hydrogens (tertiary/aromatic N) is 5. The van der Waals surface area contributed by atoms with Crippen LogP contribution in [0.2, 0.25) is 5.02 Å². The van der Waals surface area contributed by atoms with Crippen LogP contribution in [-0.2, 0) is 10.0 Å². The van der Waals surface area contributed by atoms with Gasteiger partial charge in [-0.05, 0) is 50.5 Å². The minimum Gasteiger partial charge on any atom is -0.362 e. The number of benzene rings is 2. The molecule has 2 saturated carbocycles. The number of hydrogen-bond donors (Lipinski definition) is 0. The second-order valence-electron chi connectivity index (χ2n) is 10.8. The second-order valence-corrected chi connectivity index (χ2v) is 13.0. The predicted octanol–water partition coefficient (Wildman–Crippen LogP) is 4.87. The Hall–Kier alpha value is -3.17. The average molecular weight is 552 g/mol. The number of rotatable bonds is 4. The van der Waals surface area contributed by atoms with Crippen molar-refractivity contribution in [3.05, 3.63) is 82.9 Å². The number of hydrogen-bond acceptors (Lipinski definition) is 6. The zero-order valence-corrected chi connectivity index (χ0v) is 22.5. The molecule has 1 saturated heterocycles. The van der Waals surface area contributed by atoms with E-state index in [4.69, 9.17) is 11.6 Å². The van der Waals surface area contributed by atoms with Crippen molar-refractivity contribution in [2.75, 3.05) is 28.8 Å². The Morgan fingerprint density at radius 3 is 2.50 bits per heavy atom. The van der Waals surface area contributed by atoms with E-state index in [2.05, 4.69) is 25.8 Å². The quantitative estimate of drug-likeness (QED) is 0.461. The largest absolute Gasteiger partial charge is 0.362 e. The van der Waals surface area contributed by atoms with E-state index in [1.807, 2.05) is 37.3 Å². The van der Waals surface area contributed by atoms with E-state index in [0.29, 0.717) is 29.7 Å². The summed E-state index contributed by atoms with van der Waals surface area (Å²) in [4.78, 5) is 13.2. The molecular weight excluding hydrogens is 525 g/mol. The number of piperazine rings is 1. The van der Waals surface area contributed by atoms with E-state index in [1.54, 1.807) is 16.4 Å². The van der Waals surface area contributed by atoms with Gasteiger partial charge in [-0.15, -0.1) is 0 Å². The normalized spacial score (nSPS) is 23.4. The molecule has 3 fully saturated rings. The van der Waals surface area contributed by atoms with Gasteiger partial charge in [0.05, 0.1) is 39.6 Å². The first-order chi connectivity index (χ1) is 18.3. The number of sulfonamides is 1. The summed E-state index contributed by atoms with van der Waals surface area (Å²) in [5.41, 5.74) is 3.31. The Labute approximate surface area is 226 Å². The summed E-state index contributed by atoms with van der Waals surface area (Å²) in [5.74, 6) is 0.193. The first kappa shape index (κ1) is 23.9. The van der Waals surface area contributed by atoms with Gasteiger partial charge in [-0.2, -0.15) is 0 Å². The zero-order chi connectivity index (χ0) is 26.2.